The van der Waals surface area contributed by atoms with Crippen LogP contribution in [0.5, 0.6) is 11.5 Å². The second-order valence-corrected chi connectivity index (χ2v) is 3.05. The molecule has 13 heavy (non-hydrogen) atoms. The number of fused-ring (bicyclic) bond motifs is 1. The normalized spacial score (nSPS) is 12.4. The lowest BCUT2D eigenvalue weighted by Crippen LogP contribution is -2.10. The molecule has 0 aromatic heterocycles. The van der Waals surface area contributed by atoms with Gasteiger partial charge in [-0.05, 0) is 18.6 Å². The lowest BCUT2D eigenvalue weighted by atomic mass is 10.0. The van der Waals surface area contributed by atoms with E-state index >= 15 is 0 Å². The molecule has 2 heteroatoms. The number of rotatable bonds is 3. The van der Waals surface area contributed by atoms with Crippen molar-refractivity contribution in [2.75, 3.05) is 7.11 Å². The zero-order valence-corrected chi connectivity index (χ0v) is 7.67. The number of methoxy groups -OCH3 is 1. The molecule has 2 rings (SSSR count). The smallest absolute Gasteiger partial charge is 0.126 e. The summed E-state index contributed by atoms with van der Waals surface area (Å²) in [6.07, 6.45) is 2.68. The average Bonchev–Trinajstić information content (AvgIpc) is 2.11. The highest BCUT2D eigenvalue weighted by Crippen LogP contribution is 2.35. The van der Waals surface area contributed by atoms with Crippen molar-refractivity contribution < 1.29 is 9.47 Å². The number of hydrogen-bond donors (Lipinski definition) is 0. The van der Waals surface area contributed by atoms with Gasteiger partial charge in [-0.2, -0.15) is 0 Å². The molecule has 0 amide bonds. The van der Waals surface area contributed by atoms with E-state index in [-0.39, 0.29) is 0 Å². The monoisotopic (exact) mass is 176 g/mol. The molecule has 0 spiro atoms. The molecule has 0 unspecified atom stereocenters. The third-order valence-corrected chi connectivity index (χ3v) is 2.21. The minimum absolute atomic E-state index is 0.708. The van der Waals surface area contributed by atoms with Gasteiger partial charge in [-0.1, -0.05) is 6.08 Å². The Morgan fingerprint density at radius 3 is 3.00 bits per heavy atom. The van der Waals surface area contributed by atoms with E-state index in [9.17, 15) is 0 Å². The van der Waals surface area contributed by atoms with Crippen molar-refractivity contribution in [3.8, 4) is 11.5 Å². The van der Waals surface area contributed by atoms with Gasteiger partial charge in [0, 0.05) is 11.1 Å². The molecule has 0 saturated heterocycles. The molecule has 1 aromatic carbocycles. The molecule has 0 saturated carbocycles. The van der Waals surface area contributed by atoms with Crippen molar-refractivity contribution in [2.45, 2.75) is 13.0 Å². The number of ether oxygens (including phenoxy) is 2. The summed E-state index contributed by atoms with van der Waals surface area (Å²) in [5, 5.41) is 0. The van der Waals surface area contributed by atoms with Crippen LogP contribution in [0.15, 0.2) is 24.8 Å². The summed E-state index contributed by atoms with van der Waals surface area (Å²) < 4.78 is 10.5. The molecular weight excluding hydrogens is 164 g/mol. The fraction of sp³-hybridized carbons (Fsp3) is 0.273. The quantitative estimate of drug-likeness (QED) is 0.658. The predicted octanol–water partition coefficient (Wildman–Crippen LogP) is 2.32. The van der Waals surface area contributed by atoms with Gasteiger partial charge in [0.15, 0.2) is 0 Å². The number of benzene rings is 1. The van der Waals surface area contributed by atoms with Crippen LogP contribution < -0.4 is 9.47 Å². The van der Waals surface area contributed by atoms with Gasteiger partial charge in [0.05, 0.1) is 7.11 Å². The Labute approximate surface area is 77.8 Å². The Morgan fingerprint density at radius 1 is 1.62 bits per heavy atom. The highest BCUT2D eigenvalue weighted by Gasteiger charge is 2.17. The molecule has 1 heterocycles. The van der Waals surface area contributed by atoms with Crippen molar-refractivity contribution in [1.29, 1.82) is 0 Å². The highest BCUT2D eigenvalue weighted by atomic mass is 16.5. The fourth-order valence-electron chi connectivity index (χ4n) is 1.47. The Hall–Kier alpha value is -1.44. The Balaban J connectivity index is 2.41. The van der Waals surface area contributed by atoms with Gasteiger partial charge in [-0.25, -0.2) is 0 Å². The van der Waals surface area contributed by atoms with Crippen LogP contribution in [0.2, 0.25) is 0 Å². The molecule has 0 bridgehead atoms. The van der Waals surface area contributed by atoms with Gasteiger partial charge in [0.1, 0.15) is 18.1 Å². The molecule has 1 aliphatic rings. The van der Waals surface area contributed by atoms with Crippen LogP contribution in [0, 0.1) is 0 Å². The maximum Gasteiger partial charge on any atom is 0.126 e. The average molecular weight is 176 g/mol. The molecule has 0 atom stereocenters. The first-order valence-electron chi connectivity index (χ1n) is 4.28. The molecule has 1 aromatic rings. The van der Waals surface area contributed by atoms with E-state index in [1.165, 1.54) is 5.56 Å². The van der Waals surface area contributed by atoms with E-state index < -0.39 is 0 Å². The second kappa shape index (κ2) is 3.13. The van der Waals surface area contributed by atoms with E-state index in [2.05, 4.69) is 6.58 Å². The Kier molecular flexibility index (Phi) is 1.97. The first-order valence-corrected chi connectivity index (χ1v) is 4.28. The molecule has 0 fully saturated rings. The van der Waals surface area contributed by atoms with Crippen LogP contribution >= 0.6 is 0 Å². The molecule has 0 aliphatic carbocycles. The van der Waals surface area contributed by atoms with Gasteiger partial charge < -0.3 is 9.47 Å². The summed E-state index contributed by atoms with van der Waals surface area (Å²) in [7, 11) is 1.69. The van der Waals surface area contributed by atoms with E-state index in [0.29, 0.717) is 6.61 Å². The maximum atomic E-state index is 5.27. The summed E-state index contributed by atoms with van der Waals surface area (Å²) in [4.78, 5) is 0. The maximum absolute atomic E-state index is 5.27. The van der Waals surface area contributed by atoms with E-state index in [1.54, 1.807) is 7.11 Å². The van der Waals surface area contributed by atoms with Crippen molar-refractivity contribution in [3.63, 3.8) is 0 Å². The molecule has 68 valence electrons. The third-order valence-electron chi connectivity index (χ3n) is 2.21. The fourth-order valence-corrected chi connectivity index (χ4v) is 1.47. The number of hydrogen-bond acceptors (Lipinski definition) is 2. The van der Waals surface area contributed by atoms with Gasteiger partial charge in [-0.15, -0.1) is 6.58 Å². The summed E-state index contributed by atoms with van der Waals surface area (Å²) in [6.45, 7) is 4.41. The zero-order chi connectivity index (χ0) is 9.26. The topological polar surface area (TPSA) is 18.5 Å². The standard InChI is InChI=1S/C11H12O2/c1-3-4-8-5-11-9(7-13-11)6-10(8)12-2/h3,5-6H,1,4,7H2,2H3. The van der Waals surface area contributed by atoms with Crippen LogP contribution in [0.4, 0.5) is 0 Å². The van der Waals surface area contributed by atoms with Crippen LogP contribution in [-0.4, -0.2) is 7.11 Å². The van der Waals surface area contributed by atoms with E-state index in [0.717, 1.165) is 23.5 Å². The second-order valence-electron chi connectivity index (χ2n) is 3.05. The van der Waals surface area contributed by atoms with Crippen LogP contribution in [-0.2, 0) is 13.0 Å². The summed E-state index contributed by atoms with van der Waals surface area (Å²) in [6, 6.07) is 4.07. The van der Waals surface area contributed by atoms with Crippen molar-refractivity contribution in [1.82, 2.24) is 0 Å². The Morgan fingerprint density at radius 2 is 2.46 bits per heavy atom. The summed E-state index contributed by atoms with van der Waals surface area (Å²) in [5.74, 6) is 1.92. The molecule has 0 radical (unpaired) electrons. The SMILES string of the molecule is C=CCc1cc2c(cc1OC)CO2. The summed E-state index contributed by atoms with van der Waals surface area (Å²) >= 11 is 0. The van der Waals surface area contributed by atoms with Crippen LogP contribution in [0.1, 0.15) is 11.1 Å². The zero-order valence-electron chi connectivity index (χ0n) is 7.67. The van der Waals surface area contributed by atoms with Crippen molar-refractivity contribution in [3.05, 3.63) is 35.9 Å². The third kappa shape index (κ3) is 1.28. The van der Waals surface area contributed by atoms with Gasteiger partial charge in [-0.3, -0.25) is 0 Å². The largest absolute Gasteiger partial charge is 0.496 e. The first kappa shape index (κ1) is 8.17. The molecule has 2 nitrogen and oxygen atoms in total. The highest BCUT2D eigenvalue weighted by molar-refractivity contribution is 5.49. The van der Waals surface area contributed by atoms with Crippen LogP contribution in [0.25, 0.3) is 0 Å². The summed E-state index contributed by atoms with van der Waals surface area (Å²) in [5.41, 5.74) is 2.36. The van der Waals surface area contributed by atoms with Gasteiger partial charge in [0.25, 0.3) is 0 Å². The Bertz CT molecular complexity index is 342. The van der Waals surface area contributed by atoms with E-state index in [4.69, 9.17) is 9.47 Å². The first-order chi connectivity index (χ1) is 6.35. The van der Waals surface area contributed by atoms with Gasteiger partial charge >= 0.3 is 0 Å². The van der Waals surface area contributed by atoms with Crippen molar-refractivity contribution in [2.24, 2.45) is 0 Å². The predicted molar refractivity (Wildman–Crippen MR) is 51.2 cm³/mol. The molecule has 0 N–H and O–H groups in total. The minimum Gasteiger partial charge on any atom is -0.496 e. The minimum atomic E-state index is 0.708. The number of allylic oxidation sites excluding steroid dienone is 1. The molecule has 1 aliphatic heterocycles. The van der Waals surface area contributed by atoms with E-state index in [1.807, 2.05) is 18.2 Å². The lowest BCUT2D eigenvalue weighted by Gasteiger charge is -2.22. The van der Waals surface area contributed by atoms with Gasteiger partial charge in [0.2, 0.25) is 0 Å². The molecular formula is C11H12O2. The van der Waals surface area contributed by atoms with Crippen molar-refractivity contribution >= 4 is 0 Å². The van der Waals surface area contributed by atoms with Crippen LogP contribution in [0.3, 0.4) is 0 Å². The lowest BCUT2D eigenvalue weighted by molar-refractivity contribution is 0.241.